The Morgan fingerprint density at radius 2 is 2.12 bits per heavy atom. The Balaban J connectivity index is 2.39. The molecule has 0 fully saturated rings. The first-order chi connectivity index (χ1) is 11.4. The first kappa shape index (κ1) is 15.6. The summed E-state index contributed by atoms with van der Waals surface area (Å²) >= 11 is 0. The molecule has 1 aromatic carbocycles. The molecular weight excluding hydrogens is 317 g/mol. The van der Waals surface area contributed by atoms with Crippen molar-refractivity contribution in [2.75, 3.05) is 7.11 Å². The van der Waals surface area contributed by atoms with Gasteiger partial charge in [0.05, 0.1) is 42.5 Å². The molecule has 2 amide bonds. The van der Waals surface area contributed by atoms with Crippen LogP contribution in [-0.4, -0.2) is 23.9 Å². The molecule has 2 aromatic heterocycles. The van der Waals surface area contributed by atoms with Gasteiger partial charge in [0.2, 0.25) is 5.91 Å². The summed E-state index contributed by atoms with van der Waals surface area (Å²) < 4.78 is 25.1. The molecule has 0 atom stereocenters. The maximum atomic E-state index is 14.7. The summed E-state index contributed by atoms with van der Waals surface area (Å²) in [6.07, 6.45) is 2.60. The van der Waals surface area contributed by atoms with Gasteiger partial charge in [-0.3, -0.25) is 9.59 Å². The number of hydrogen-bond acceptors (Lipinski definition) is 4. The van der Waals surface area contributed by atoms with Gasteiger partial charge in [-0.2, -0.15) is 0 Å². The molecule has 0 radical (unpaired) electrons. The van der Waals surface area contributed by atoms with Gasteiger partial charge in [0.15, 0.2) is 5.75 Å². The average Bonchev–Trinajstić information content (AvgIpc) is 3.13. The fourth-order valence-corrected chi connectivity index (χ4v) is 2.78. The standard InChI is InChI=1S/C16H14FN3O4/c1-23-15-8(7-2-3-24-6-7)4-9(17)12-13(16(19)22)10(5-11(18)21)20-14(12)15/h2-4,6,20H,5H2,1H3,(H2,18,21)(H2,19,22). The zero-order valence-corrected chi connectivity index (χ0v) is 12.7. The van der Waals surface area contributed by atoms with Crippen LogP contribution in [0, 0.1) is 5.82 Å². The van der Waals surface area contributed by atoms with E-state index < -0.39 is 17.6 Å². The molecule has 0 unspecified atom stereocenters. The van der Waals surface area contributed by atoms with Gasteiger partial charge in [0.25, 0.3) is 5.91 Å². The lowest BCUT2D eigenvalue weighted by atomic mass is 10.0. The maximum Gasteiger partial charge on any atom is 0.251 e. The molecule has 3 aromatic rings. The second-order valence-corrected chi connectivity index (χ2v) is 5.19. The summed E-state index contributed by atoms with van der Waals surface area (Å²) in [7, 11) is 1.41. The van der Waals surface area contributed by atoms with Gasteiger partial charge in [0, 0.05) is 16.8 Å². The van der Waals surface area contributed by atoms with Crippen LogP contribution in [0.15, 0.2) is 29.1 Å². The first-order valence-electron chi connectivity index (χ1n) is 6.95. The highest BCUT2D eigenvalue weighted by Gasteiger charge is 2.25. The molecule has 0 spiro atoms. The molecule has 5 N–H and O–H groups in total. The van der Waals surface area contributed by atoms with Crippen LogP contribution < -0.4 is 16.2 Å². The molecule has 0 saturated carbocycles. The molecule has 124 valence electrons. The zero-order valence-electron chi connectivity index (χ0n) is 12.7. The molecule has 24 heavy (non-hydrogen) atoms. The van der Waals surface area contributed by atoms with Crippen molar-refractivity contribution in [3.63, 3.8) is 0 Å². The predicted molar refractivity (Wildman–Crippen MR) is 83.9 cm³/mol. The van der Waals surface area contributed by atoms with Crippen molar-refractivity contribution in [3.8, 4) is 16.9 Å². The molecule has 0 aliphatic rings. The summed E-state index contributed by atoms with van der Waals surface area (Å²) in [6.45, 7) is 0. The number of furan rings is 1. The van der Waals surface area contributed by atoms with Crippen molar-refractivity contribution < 1.29 is 23.1 Å². The van der Waals surface area contributed by atoms with Gasteiger partial charge in [0.1, 0.15) is 5.82 Å². The summed E-state index contributed by atoms with van der Waals surface area (Å²) in [4.78, 5) is 25.8. The number of carbonyl (C=O) groups excluding carboxylic acids is 2. The van der Waals surface area contributed by atoms with Gasteiger partial charge in [-0.1, -0.05) is 0 Å². The van der Waals surface area contributed by atoms with Crippen molar-refractivity contribution in [2.24, 2.45) is 11.5 Å². The highest BCUT2D eigenvalue weighted by molar-refractivity contribution is 6.11. The summed E-state index contributed by atoms with van der Waals surface area (Å²) in [5.74, 6) is -1.93. The number of carbonyl (C=O) groups is 2. The Morgan fingerprint density at radius 1 is 1.38 bits per heavy atom. The SMILES string of the molecule is COc1c(-c2ccoc2)cc(F)c2c(C(N)=O)c(CC(N)=O)[nH]c12. The maximum absolute atomic E-state index is 14.7. The molecule has 0 aliphatic carbocycles. The Labute approximate surface area is 135 Å². The van der Waals surface area contributed by atoms with Crippen molar-refractivity contribution in [1.82, 2.24) is 4.98 Å². The lowest BCUT2D eigenvalue weighted by Gasteiger charge is -2.09. The van der Waals surface area contributed by atoms with Gasteiger partial charge in [-0.25, -0.2) is 4.39 Å². The van der Waals surface area contributed by atoms with E-state index in [-0.39, 0.29) is 28.6 Å². The number of methoxy groups -OCH3 is 1. The van der Waals surface area contributed by atoms with Crippen LogP contribution in [0.5, 0.6) is 5.75 Å². The third-order valence-electron chi connectivity index (χ3n) is 3.69. The summed E-state index contributed by atoms with van der Waals surface area (Å²) in [6, 6.07) is 2.87. The fraction of sp³-hybridized carbons (Fsp3) is 0.125. The number of primary amides is 2. The number of halogens is 1. The topological polar surface area (TPSA) is 124 Å². The number of nitrogens with two attached hydrogens (primary N) is 2. The molecule has 7 nitrogen and oxygen atoms in total. The zero-order chi connectivity index (χ0) is 17.4. The number of aromatic amines is 1. The number of aromatic nitrogens is 1. The van der Waals surface area contributed by atoms with Gasteiger partial charge < -0.3 is 25.6 Å². The number of benzene rings is 1. The van der Waals surface area contributed by atoms with Crippen molar-refractivity contribution in [3.05, 3.63) is 41.7 Å². The van der Waals surface area contributed by atoms with Crippen molar-refractivity contribution in [2.45, 2.75) is 6.42 Å². The lowest BCUT2D eigenvalue weighted by molar-refractivity contribution is -0.117. The van der Waals surface area contributed by atoms with Crippen LogP contribution in [0.25, 0.3) is 22.0 Å². The number of amides is 2. The van der Waals surface area contributed by atoms with Crippen LogP contribution >= 0.6 is 0 Å². The summed E-state index contributed by atoms with van der Waals surface area (Å²) in [5, 5.41) is -0.0390. The van der Waals surface area contributed by atoms with E-state index in [1.165, 1.54) is 25.7 Å². The normalized spacial score (nSPS) is 10.9. The van der Waals surface area contributed by atoms with Crippen LogP contribution in [0.2, 0.25) is 0 Å². The Kier molecular flexibility index (Phi) is 3.72. The second kappa shape index (κ2) is 5.73. The Morgan fingerprint density at radius 3 is 2.67 bits per heavy atom. The molecule has 2 heterocycles. The van der Waals surface area contributed by atoms with Crippen molar-refractivity contribution >= 4 is 22.7 Å². The quantitative estimate of drug-likeness (QED) is 0.658. The van der Waals surface area contributed by atoms with Crippen molar-refractivity contribution in [1.29, 1.82) is 0 Å². The predicted octanol–water partition coefficient (Wildman–Crippen LogP) is 1.70. The number of rotatable bonds is 5. The van der Waals surface area contributed by atoms with E-state index in [0.29, 0.717) is 16.9 Å². The number of nitrogens with one attached hydrogen (secondary N) is 1. The monoisotopic (exact) mass is 331 g/mol. The third kappa shape index (κ3) is 2.37. The smallest absolute Gasteiger partial charge is 0.251 e. The van der Waals surface area contributed by atoms with Gasteiger partial charge in [-0.05, 0) is 12.1 Å². The van der Waals surface area contributed by atoms with Crippen LogP contribution in [0.4, 0.5) is 4.39 Å². The number of H-pyrrole nitrogens is 1. The minimum Gasteiger partial charge on any atom is -0.494 e. The van der Waals surface area contributed by atoms with E-state index in [1.54, 1.807) is 6.07 Å². The van der Waals surface area contributed by atoms with E-state index >= 15 is 0 Å². The minimum absolute atomic E-state index is 0.0390. The van der Waals surface area contributed by atoms with E-state index in [4.69, 9.17) is 20.6 Å². The highest BCUT2D eigenvalue weighted by Crippen LogP contribution is 2.40. The third-order valence-corrected chi connectivity index (χ3v) is 3.69. The highest BCUT2D eigenvalue weighted by atomic mass is 19.1. The molecule has 3 rings (SSSR count). The molecule has 0 bridgehead atoms. The number of ether oxygens (including phenoxy) is 1. The second-order valence-electron chi connectivity index (χ2n) is 5.19. The largest absolute Gasteiger partial charge is 0.494 e. The van der Waals surface area contributed by atoms with Gasteiger partial charge >= 0.3 is 0 Å². The van der Waals surface area contributed by atoms with Crippen LogP contribution in [0.1, 0.15) is 16.1 Å². The molecular formula is C16H14FN3O4. The van der Waals surface area contributed by atoms with E-state index in [9.17, 15) is 14.0 Å². The molecule has 8 heteroatoms. The number of fused-ring (bicyclic) bond motifs is 1. The van der Waals surface area contributed by atoms with Gasteiger partial charge in [-0.15, -0.1) is 0 Å². The van der Waals surface area contributed by atoms with E-state index in [0.717, 1.165) is 0 Å². The van der Waals surface area contributed by atoms with E-state index in [1.807, 2.05) is 0 Å². The number of hydrogen-bond donors (Lipinski definition) is 3. The molecule has 0 saturated heterocycles. The Hall–Kier alpha value is -3.29. The van der Waals surface area contributed by atoms with Crippen LogP contribution in [0.3, 0.4) is 0 Å². The summed E-state index contributed by atoms with van der Waals surface area (Å²) in [5.41, 5.74) is 11.8. The molecule has 0 aliphatic heterocycles. The average molecular weight is 331 g/mol. The van der Waals surface area contributed by atoms with Crippen LogP contribution in [-0.2, 0) is 11.2 Å². The first-order valence-corrected chi connectivity index (χ1v) is 6.95. The fourth-order valence-electron chi connectivity index (χ4n) is 2.78. The van der Waals surface area contributed by atoms with E-state index in [2.05, 4.69) is 4.98 Å². The Bertz CT molecular complexity index is 944. The lowest BCUT2D eigenvalue weighted by Crippen LogP contribution is -2.18. The minimum atomic E-state index is -0.866.